The van der Waals surface area contributed by atoms with Gasteiger partial charge >= 0.3 is 6.03 Å². The van der Waals surface area contributed by atoms with E-state index in [9.17, 15) is 14.7 Å². The number of fused-ring (bicyclic) bond motifs is 1. The number of phenolic OH excluding ortho intramolecular Hbond substituents is 1. The number of piperazine rings is 1. The van der Waals surface area contributed by atoms with Crippen molar-refractivity contribution >= 4 is 22.7 Å². The Morgan fingerprint density at radius 3 is 2.42 bits per heavy atom. The number of benzene rings is 2. The Labute approximate surface area is 153 Å². The fourth-order valence-corrected chi connectivity index (χ4v) is 3.55. The third kappa shape index (κ3) is 3.07. The van der Waals surface area contributed by atoms with Gasteiger partial charge in [-0.3, -0.25) is 4.79 Å². The van der Waals surface area contributed by atoms with Gasteiger partial charge in [0.25, 0.3) is 5.91 Å². The third-order valence-electron chi connectivity index (χ3n) is 4.93. The smallest absolute Gasteiger partial charge is 0.319 e. The van der Waals surface area contributed by atoms with Crippen LogP contribution in [-0.2, 0) is 0 Å². The Morgan fingerprint density at radius 1 is 1.08 bits per heavy atom. The van der Waals surface area contributed by atoms with Crippen molar-refractivity contribution < 1.29 is 14.7 Å². The van der Waals surface area contributed by atoms with E-state index in [0.717, 1.165) is 5.39 Å². The molecule has 0 saturated carbocycles. The third-order valence-corrected chi connectivity index (χ3v) is 4.93. The van der Waals surface area contributed by atoms with E-state index in [1.807, 2.05) is 38.1 Å². The molecule has 1 heterocycles. The molecular weight excluding hydrogens is 330 g/mol. The number of aromatic hydroxyl groups is 1. The van der Waals surface area contributed by atoms with Crippen molar-refractivity contribution in [1.82, 2.24) is 14.7 Å². The van der Waals surface area contributed by atoms with Gasteiger partial charge in [0.2, 0.25) is 0 Å². The predicted molar refractivity (Wildman–Crippen MR) is 101 cm³/mol. The molecule has 0 aromatic heterocycles. The summed E-state index contributed by atoms with van der Waals surface area (Å²) in [6, 6.07) is 10.9. The first-order valence-corrected chi connectivity index (χ1v) is 8.71. The summed E-state index contributed by atoms with van der Waals surface area (Å²) in [4.78, 5) is 30.4. The summed E-state index contributed by atoms with van der Waals surface area (Å²) in [6.07, 6.45) is 0. The molecule has 3 amide bonds. The summed E-state index contributed by atoms with van der Waals surface area (Å²) >= 11 is 0. The average Bonchev–Trinajstić information content (AvgIpc) is 2.60. The molecular formula is C20H25N3O3. The maximum absolute atomic E-state index is 13.1. The summed E-state index contributed by atoms with van der Waals surface area (Å²) in [5.41, 5.74) is -0.233. The van der Waals surface area contributed by atoms with E-state index in [-0.39, 0.29) is 17.7 Å². The maximum atomic E-state index is 13.1. The molecule has 0 radical (unpaired) electrons. The minimum absolute atomic E-state index is 0.00991. The molecule has 3 rings (SSSR count). The highest BCUT2D eigenvalue weighted by atomic mass is 16.3. The lowest BCUT2D eigenvalue weighted by atomic mass is 9.96. The predicted octanol–water partition coefficient (Wildman–Crippen LogP) is 2.76. The van der Waals surface area contributed by atoms with E-state index in [1.54, 1.807) is 40.9 Å². The normalized spacial score (nSPS) is 16.6. The Bertz CT molecular complexity index is 861. The molecule has 0 spiro atoms. The molecule has 1 aliphatic rings. The minimum atomic E-state index is -0.529. The summed E-state index contributed by atoms with van der Waals surface area (Å²) in [5.74, 6) is -0.203. The second-order valence-corrected chi connectivity index (χ2v) is 7.55. The van der Waals surface area contributed by atoms with Crippen LogP contribution in [0.5, 0.6) is 5.75 Å². The Hall–Kier alpha value is -2.76. The molecule has 26 heavy (non-hydrogen) atoms. The molecule has 1 aliphatic heterocycles. The second-order valence-electron chi connectivity index (χ2n) is 7.55. The van der Waals surface area contributed by atoms with Gasteiger partial charge in [0.1, 0.15) is 5.75 Å². The van der Waals surface area contributed by atoms with Crippen molar-refractivity contribution in [1.29, 1.82) is 0 Å². The van der Waals surface area contributed by atoms with Crippen molar-refractivity contribution in [2.24, 2.45) is 0 Å². The second kappa shape index (κ2) is 6.52. The van der Waals surface area contributed by atoms with Gasteiger partial charge in [-0.2, -0.15) is 0 Å². The van der Waals surface area contributed by atoms with Crippen LogP contribution in [0.3, 0.4) is 0 Å². The highest BCUT2D eigenvalue weighted by Crippen LogP contribution is 2.32. The van der Waals surface area contributed by atoms with E-state index >= 15 is 0 Å². The standard InChI is InChI=1S/C20H25N3O3/c1-20(2)13-22(19(26)21(3)4)11-12-23(20)18(25)16-10-9-14-7-5-6-8-15(14)17(16)24/h5-10,24H,11-13H2,1-4H3. The lowest BCUT2D eigenvalue weighted by molar-refractivity contribution is 0.0239. The lowest BCUT2D eigenvalue weighted by Crippen LogP contribution is -2.63. The molecule has 0 unspecified atom stereocenters. The van der Waals surface area contributed by atoms with Gasteiger partial charge in [-0.15, -0.1) is 0 Å². The van der Waals surface area contributed by atoms with Crippen molar-refractivity contribution in [3.63, 3.8) is 0 Å². The number of amides is 3. The molecule has 2 aromatic carbocycles. The van der Waals surface area contributed by atoms with Crippen molar-refractivity contribution in [3.8, 4) is 5.75 Å². The average molecular weight is 355 g/mol. The van der Waals surface area contributed by atoms with E-state index in [4.69, 9.17) is 0 Å². The number of hydrogen-bond acceptors (Lipinski definition) is 3. The molecule has 6 nitrogen and oxygen atoms in total. The van der Waals surface area contributed by atoms with Crippen LogP contribution in [0, 0.1) is 0 Å². The number of carbonyl (C=O) groups excluding carboxylic acids is 2. The van der Waals surface area contributed by atoms with Crippen LogP contribution < -0.4 is 0 Å². The number of urea groups is 1. The van der Waals surface area contributed by atoms with Crippen LogP contribution in [0.2, 0.25) is 0 Å². The van der Waals surface area contributed by atoms with Crippen LogP contribution in [0.15, 0.2) is 36.4 Å². The Morgan fingerprint density at radius 2 is 1.77 bits per heavy atom. The van der Waals surface area contributed by atoms with Crippen LogP contribution in [0.1, 0.15) is 24.2 Å². The van der Waals surface area contributed by atoms with Crippen molar-refractivity contribution in [2.75, 3.05) is 33.7 Å². The molecule has 2 aromatic rings. The van der Waals surface area contributed by atoms with E-state index in [0.29, 0.717) is 30.6 Å². The highest BCUT2D eigenvalue weighted by molar-refractivity contribution is 6.04. The number of hydrogen-bond donors (Lipinski definition) is 1. The van der Waals surface area contributed by atoms with Gasteiger partial charge in [0.05, 0.1) is 11.1 Å². The molecule has 1 fully saturated rings. The molecule has 1 saturated heterocycles. The van der Waals surface area contributed by atoms with E-state index in [1.165, 1.54) is 0 Å². The molecule has 1 N–H and O–H groups in total. The summed E-state index contributed by atoms with van der Waals surface area (Å²) in [5, 5.41) is 12.2. The van der Waals surface area contributed by atoms with Gasteiger partial charge < -0.3 is 19.8 Å². The van der Waals surface area contributed by atoms with Gasteiger partial charge in [-0.1, -0.05) is 30.3 Å². The van der Waals surface area contributed by atoms with Crippen LogP contribution in [-0.4, -0.2) is 71.0 Å². The number of phenols is 1. The number of carbonyl (C=O) groups is 2. The first-order chi connectivity index (χ1) is 12.2. The monoisotopic (exact) mass is 355 g/mol. The fourth-order valence-electron chi connectivity index (χ4n) is 3.55. The zero-order chi connectivity index (χ0) is 19.1. The molecule has 6 heteroatoms. The quantitative estimate of drug-likeness (QED) is 0.855. The first-order valence-electron chi connectivity index (χ1n) is 8.71. The Kier molecular flexibility index (Phi) is 4.52. The summed E-state index contributed by atoms with van der Waals surface area (Å²) in [6.45, 7) is 5.23. The van der Waals surface area contributed by atoms with Crippen LogP contribution in [0.25, 0.3) is 10.8 Å². The van der Waals surface area contributed by atoms with Gasteiger partial charge in [-0.25, -0.2) is 4.79 Å². The Balaban J connectivity index is 1.89. The van der Waals surface area contributed by atoms with E-state index in [2.05, 4.69) is 0 Å². The van der Waals surface area contributed by atoms with Gasteiger partial charge in [0, 0.05) is 39.1 Å². The molecule has 0 aliphatic carbocycles. The zero-order valence-electron chi connectivity index (χ0n) is 15.7. The lowest BCUT2D eigenvalue weighted by Gasteiger charge is -2.47. The molecule has 0 atom stereocenters. The molecule has 138 valence electrons. The van der Waals surface area contributed by atoms with Crippen molar-refractivity contribution in [2.45, 2.75) is 19.4 Å². The SMILES string of the molecule is CN(C)C(=O)N1CCN(C(=O)c2ccc3ccccc3c2O)C(C)(C)C1. The van der Waals surface area contributed by atoms with Crippen LogP contribution in [0.4, 0.5) is 4.79 Å². The fraction of sp³-hybridized carbons (Fsp3) is 0.400. The molecule has 0 bridgehead atoms. The van der Waals surface area contributed by atoms with Gasteiger partial charge in [0.15, 0.2) is 0 Å². The summed E-state index contributed by atoms with van der Waals surface area (Å²) < 4.78 is 0. The maximum Gasteiger partial charge on any atom is 0.319 e. The largest absolute Gasteiger partial charge is 0.506 e. The van der Waals surface area contributed by atoms with Crippen LogP contribution >= 0.6 is 0 Å². The van der Waals surface area contributed by atoms with Gasteiger partial charge in [-0.05, 0) is 25.3 Å². The summed E-state index contributed by atoms with van der Waals surface area (Å²) in [7, 11) is 3.44. The van der Waals surface area contributed by atoms with Crippen molar-refractivity contribution in [3.05, 3.63) is 42.0 Å². The number of nitrogens with zero attached hydrogens (tertiary/aromatic N) is 3. The topological polar surface area (TPSA) is 64.1 Å². The zero-order valence-corrected chi connectivity index (χ0v) is 15.7. The van der Waals surface area contributed by atoms with E-state index < -0.39 is 5.54 Å². The minimum Gasteiger partial charge on any atom is -0.506 e. The first kappa shape index (κ1) is 18.0. The highest BCUT2D eigenvalue weighted by Gasteiger charge is 2.39. The number of rotatable bonds is 1.